The Hall–Kier alpha value is -0.0800. The first-order valence-electron chi connectivity index (χ1n) is 9.38. The van der Waals surface area contributed by atoms with E-state index in [-0.39, 0.29) is 5.60 Å². The minimum Gasteiger partial charge on any atom is -0.373 e. The van der Waals surface area contributed by atoms with Crippen LogP contribution in [0.3, 0.4) is 0 Å². The predicted octanol–water partition coefficient (Wildman–Crippen LogP) is 4.78. The second-order valence-electron chi connectivity index (χ2n) is 8.26. The van der Waals surface area contributed by atoms with E-state index in [0.29, 0.717) is 6.04 Å². The molecule has 0 amide bonds. The van der Waals surface area contributed by atoms with Gasteiger partial charge in [-0.25, -0.2) is 0 Å². The average Bonchev–Trinajstić information content (AvgIpc) is 2.97. The van der Waals surface area contributed by atoms with Gasteiger partial charge in [-0.05, 0) is 56.3 Å². The third kappa shape index (κ3) is 5.25. The maximum Gasteiger partial charge on any atom is 0.0806 e. The van der Waals surface area contributed by atoms with E-state index < -0.39 is 0 Å². The van der Waals surface area contributed by atoms with E-state index in [2.05, 4.69) is 33.0 Å². The minimum absolute atomic E-state index is 0.123. The third-order valence-electron chi connectivity index (χ3n) is 5.82. The largest absolute Gasteiger partial charge is 0.373 e. The Bertz CT molecular complexity index is 286. The zero-order valence-corrected chi connectivity index (χ0v) is 14.8. The summed E-state index contributed by atoms with van der Waals surface area (Å²) in [5.41, 5.74) is 0.123. The maximum absolute atomic E-state index is 6.57. The molecule has 2 saturated carbocycles. The van der Waals surface area contributed by atoms with Crippen molar-refractivity contribution in [2.45, 2.75) is 90.7 Å². The van der Waals surface area contributed by atoms with Crippen LogP contribution in [0.1, 0.15) is 79.1 Å². The van der Waals surface area contributed by atoms with E-state index in [9.17, 15) is 0 Å². The van der Waals surface area contributed by atoms with Crippen molar-refractivity contribution in [3.05, 3.63) is 0 Å². The van der Waals surface area contributed by atoms with Crippen LogP contribution in [0.4, 0.5) is 0 Å². The first-order chi connectivity index (χ1) is 10.0. The Balaban J connectivity index is 1.87. The van der Waals surface area contributed by atoms with Crippen LogP contribution >= 0.6 is 0 Å². The lowest BCUT2D eigenvalue weighted by atomic mass is 9.74. The Morgan fingerprint density at radius 3 is 2.14 bits per heavy atom. The molecule has 2 rings (SSSR count). The molecule has 1 N–H and O–H groups in total. The van der Waals surface area contributed by atoms with E-state index in [0.717, 1.165) is 30.9 Å². The van der Waals surface area contributed by atoms with Gasteiger partial charge in [-0.2, -0.15) is 0 Å². The molecule has 0 radical (unpaired) electrons. The van der Waals surface area contributed by atoms with Crippen molar-refractivity contribution >= 4 is 0 Å². The minimum atomic E-state index is 0.123. The molecule has 2 aliphatic rings. The van der Waals surface area contributed by atoms with Crippen LogP contribution in [-0.2, 0) is 4.74 Å². The highest BCUT2D eigenvalue weighted by Gasteiger charge is 2.37. The van der Waals surface area contributed by atoms with Crippen molar-refractivity contribution in [1.29, 1.82) is 0 Å². The highest BCUT2D eigenvalue weighted by molar-refractivity contribution is 4.91. The topological polar surface area (TPSA) is 21.3 Å². The average molecular weight is 296 g/mol. The maximum atomic E-state index is 6.57. The third-order valence-corrected chi connectivity index (χ3v) is 5.82. The van der Waals surface area contributed by atoms with Crippen LogP contribution in [0.25, 0.3) is 0 Å². The highest BCUT2D eigenvalue weighted by Crippen LogP contribution is 2.39. The Labute approximate surface area is 132 Å². The van der Waals surface area contributed by atoms with Gasteiger partial charge < -0.3 is 10.1 Å². The molecule has 0 aliphatic heterocycles. The molecule has 2 fully saturated rings. The van der Waals surface area contributed by atoms with Gasteiger partial charge in [-0.3, -0.25) is 0 Å². The van der Waals surface area contributed by atoms with Crippen LogP contribution in [-0.4, -0.2) is 24.8 Å². The SMILES string of the molecule is CC(C)NCC1(OCC2CCCC2)CCC(C(C)C)CC1. The lowest BCUT2D eigenvalue weighted by molar-refractivity contribution is -0.0916. The van der Waals surface area contributed by atoms with Crippen molar-refractivity contribution in [1.82, 2.24) is 5.32 Å². The molecule has 0 spiro atoms. The van der Waals surface area contributed by atoms with Crippen LogP contribution in [0.15, 0.2) is 0 Å². The van der Waals surface area contributed by atoms with Gasteiger partial charge in [0, 0.05) is 12.6 Å². The van der Waals surface area contributed by atoms with Crippen LogP contribution in [0.2, 0.25) is 0 Å². The van der Waals surface area contributed by atoms with E-state index in [1.807, 2.05) is 0 Å². The van der Waals surface area contributed by atoms with Gasteiger partial charge in [-0.1, -0.05) is 40.5 Å². The molecule has 0 atom stereocenters. The Morgan fingerprint density at radius 2 is 1.62 bits per heavy atom. The number of ether oxygens (including phenoxy) is 1. The molecule has 0 unspecified atom stereocenters. The zero-order chi connectivity index (χ0) is 15.3. The molecule has 2 heteroatoms. The molecule has 0 aromatic rings. The van der Waals surface area contributed by atoms with Gasteiger partial charge in [0.15, 0.2) is 0 Å². The molecule has 0 aromatic carbocycles. The summed E-state index contributed by atoms with van der Waals surface area (Å²) in [7, 11) is 0. The molecular weight excluding hydrogens is 258 g/mol. The molecule has 0 bridgehead atoms. The molecule has 2 aliphatic carbocycles. The fourth-order valence-electron chi connectivity index (χ4n) is 4.07. The quantitative estimate of drug-likeness (QED) is 0.730. The molecule has 2 nitrogen and oxygen atoms in total. The van der Waals surface area contributed by atoms with E-state index in [1.165, 1.54) is 51.4 Å². The zero-order valence-electron chi connectivity index (χ0n) is 14.8. The fraction of sp³-hybridized carbons (Fsp3) is 1.00. The standard InChI is InChI=1S/C19H37NO/c1-15(2)18-9-11-19(12-10-18,14-20-16(3)4)21-13-17-7-5-6-8-17/h15-18,20H,5-14H2,1-4H3. The number of nitrogens with one attached hydrogen (secondary N) is 1. The van der Waals surface area contributed by atoms with Gasteiger partial charge in [0.1, 0.15) is 0 Å². The lowest BCUT2D eigenvalue weighted by Crippen LogP contribution is -2.48. The summed E-state index contributed by atoms with van der Waals surface area (Å²) in [6.45, 7) is 11.3. The van der Waals surface area contributed by atoms with Crippen molar-refractivity contribution in [3.63, 3.8) is 0 Å². The van der Waals surface area contributed by atoms with Gasteiger partial charge in [0.25, 0.3) is 0 Å². The van der Waals surface area contributed by atoms with Crippen LogP contribution in [0.5, 0.6) is 0 Å². The molecule has 0 aromatic heterocycles. The number of hydrogen-bond donors (Lipinski definition) is 1. The van der Waals surface area contributed by atoms with Crippen molar-refractivity contribution in [3.8, 4) is 0 Å². The summed E-state index contributed by atoms with van der Waals surface area (Å²) >= 11 is 0. The first-order valence-corrected chi connectivity index (χ1v) is 9.38. The van der Waals surface area contributed by atoms with E-state index in [1.54, 1.807) is 0 Å². The predicted molar refractivity (Wildman–Crippen MR) is 90.6 cm³/mol. The molecular formula is C19H37NO. The Kier molecular flexibility index (Phi) is 6.55. The molecule has 21 heavy (non-hydrogen) atoms. The van der Waals surface area contributed by atoms with Gasteiger partial charge >= 0.3 is 0 Å². The molecule has 0 saturated heterocycles. The summed E-state index contributed by atoms with van der Waals surface area (Å²) in [5, 5.41) is 3.65. The van der Waals surface area contributed by atoms with Gasteiger partial charge in [0.05, 0.1) is 12.2 Å². The summed E-state index contributed by atoms with van der Waals surface area (Å²) in [6, 6.07) is 0.555. The summed E-state index contributed by atoms with van der Waals surface area (Å²) < 4.78 is 6.57. The van der Waals surface area contributed by atoms with Crippen molar-refractivity contribution in [2.24, 2.45) is 17.8 Å². The first kappa shape index (κ1) is 17.3. The smallest absolute Gasteiger partial charge is 0.0806 e. The summed E-state index contributed by atoms with van der Waals surface area (Å²) in [5.74, 6) is 2.58. The highest BCUT2D eigenvalue weighted by atomic mass is 16.5. The monoisotopic (exact) mass is 295 g/mol. The molecule has 124 valence electrons. The van der Waals surface area contributed by atoms with E-state index in [4.69, 9.17) is 4.74 Å². The second kappa shape index (κ2) is 7.97. The van der Waals surface area contributed by atoms with Crippen molar-refractivity contribution in [2.75, 3.05) is 13.2 Å². The summed E-state index contributed by atoms with van der Waals surface area (Å²) in [6.07, 6.45) is 10.8. The van der Waals surface area contributed by atoms with Gasteiger partial charge in [0.2, 0.25) is 0 Å². The second-order valence-corrected chi connectivity index (χ2v) is 8.26. The summed E-state index contributed by atoms with van der Waals surface area (Å²) in [4.78, 5) is 0. The number of hydrogen-bond acceptors (Lipinski definition) is 2. The molecule has 0 heterocycles. The number of rotatable bonds is 7. The van der Waals surface area contributed by atoms with E-state index >= 15 is 0 Å². The fourth-order valence-corrected chi connectivity index (χ4v) is 4.07. The Morgan fingerprint density at radius 1 is 1.00 bits per heavy atom. The van der Waals surface area contributed by atoms with Crippen LogP contribution in [0, 0.1) is 17.8 Å². The van der Waals surface area contributed by atoms with Crippen molar-refractivity contribution < 1.29 is 4.74 Å². The normalized spacial score (nSPS) is 31.4. The van der Waals surface area contributed by atoms with Crippen LogP contribution < -0.4 is 5.32 Å². The van der Waals surface area contributed by atoms with Gasteiger partial charge in [-0.15, -0.1) is 0 Å². The lowest BCUT2D eigenvalue weighted by Gasteiger charge is -2.42.